The van der Waals surface area contributed by atoms with Crippen LogP contribution in [0.4, 0.5) is 0 Å². The number of nitrogens with zero attached hydrogens (tertiary/aromatic N) is 1. The maximum Gasteiger partial charge on any atom is 0.168 e. The van der Waals surface area contributed by atoms with Gasteiger partial charge in [-0.2, -0.15) is 0 Å². The fraction of sp³-hybridized carbons (Fsp3) is 0.647. The van der Waals surface area contributed by atoms with Crippen LogP contribution in [0.15, 0.2) is 70.5 Å². The number of hydrogen-bond acceptors (Lipinski definition) is 7. The van der Waals surface area contributed by atoms with Crippen molar-refractivity contribution in [2.45, 2.75) is 76.5 Å². The zero-order valence-corrected chi connectivity index (χ0v) is 25.0. The average Bonchev–Trinajstić information content (AvgIpc) is 3.02. The first-order valence-electron chi connectivity index (χ1n) is 16.2. The van der Waals surface area contributed by atoms with Gasteiger partial charge in [0.15, 0.2) is 6.23 Å². The van der Waals surface area contributed by atoms with Crippen molar-refractivity contribution in [1.29, 1.82) is 0 Å². The van der Waals surface area contributed by atoms with Crippen molar-refractivity contribution >= 4 is 0 Å². The second-order valence-electron chi connectivity index (χ2n) is 12.6. The second-order valence-corrected chi connectivity index (χ2v) is 12.6. The molecule has 3 heterocycles. The molecule has 7 heteroatoms. The van der Waals surface area contributed by atoms with E-state index in [0.717, 1.165) is 66.9 Å². The zero-order valence-electron chi connectivity index (χ0n) is 25.0. The normalized spacial score (nSPS) is 28.1. The van der Waals surface area contributed by atoms with Crippen LogP contribution in [-0.4, -0.2) is 70.3 Å². The van der Waals surface area contributed by atoms with Crippen LogP contribution in [0.2, 0.25) is 0 Å². The number of likely N-dealkylation sites (tertiary alicyclic amines) is 1. The van der Waals surface area contributed by atoms with E-state index in [1.54, 1.807) is 7.11 Å². The summed E-state index contributed by atoms with van der Waals surface area (Å²) in [6.45, 7) is 7.24. The summed E-state index contributed by atoms with van der Waals surface area (Å²) in [6.07, 6.45) is 25.9. The molecule has 0 aromatic rings. The molecule has 2 saturated heterocycles. The lowest BCUT2D eigenvalue weighted by molar-refractivity contribution is -0.0427. The highest BCUT2D eigenvalue weighted by atomic mass is 16.6. The Balaban J connectivity index is 0.980. The van der Waals surface area contributed by atoms with Gasteiger partial charge in [-0.25, -0.2) is 0 Å². The van der Waals surface area contributed by atoms with Gasteiger partial charge in [0.1, 0.15) is 18.5 Å². The molecule has 6 aliphatic rings. The Morgan fingerprint density at radius 1 is 1.05 bits per heavy atom. The fourth-order valence-electron chi connectivity index (χ4n) is 7.24. The smallest absolute Gasteiger partial charge is 0.168 e. The molecule has 2 unspecified atom stereocenters. The SMILES string of the molecule is COC1NC(C2=C3OCCOC3CC=C2)=CC=C1NC1=CC(CNCC2CCN(CC3CCCCC3)CC2)=CCC1. The van der Waals surface area contributed by atoms with Crippen molar-refractivity contribution in [2.75, 3.05) is 53.0 Å². The molecule has 1 saturated carbocycles. The van der Waals surface area contributed by atoms with E-state index in [2.05, 4.69) is 57.3 Å². The summed E-state index contributed by atoms with van der Waals surface area (Å²) in [5.74, 6) is 2.70. The third-order valence-corrected chi connectivity index (χ3v) is 9.57. The molecule has 3 N–H and O–H groups in total. The van der Waals surface area contributed by atoms with Gasteiger partial charge in [-0.15, -0.1) is 0 Å². The van der Waals surface area contributed by atoms with Gasteiger partial charge in [0.2, 0.25) is 0 Å². The molecule has 3 aliphatic heterocycles. The van der Waals surface area contributed by atoms with Gasteiger partial charge in [0.25, 0.3) is 0 Å². The molecule has 0 amide bonds. The Morgan fingerprint density at radius 3 is 2.78 bits per heavy atom. The van der Waals surface area contributed by atoms with E-state index < -0.39 is 0 Å². The van der Waals surface area contributed by atoms with Crippen LogP contribution in [-0.2, 0) is 14.2 Å². The Labute approximate surface area is 246 Å². The van der Waals surface area contributed by atoms with Gasteiger partial charge < -0.3 is 35.1 Å². The van der Waals surface area contributed by atoms with E-state index in [9.17, 15) is 0 Å². The second kappa shape index (κ2) is 14.2. The van der Waals surface area contributed by atoms with E-state index in [1.165, 1.54) is 75.9 Å². The summed E-state index contributed by atoms with van der Waals surface area (Å²) in [7, 11) is 1.75. The topological polar surface area (TPSA) is 67.0 Å². The van der Waals surface area contributed by atoms with Crippen LogP contribution in [0.5, 0.6) is 0 Å². The lowest BCUT2D eigenvalue weighted by Crippen LogP contribution is -2.41. The first-order valence-corrected chi connectivity index (χ1v) is 16.2. The van der Waals surface area contributed by atoms with Crippen molar-refractivity contribution in [1.82, 2.24) is 20.9 Å². The Bertz CT molecular complexity index is 1090. The first-order chi connectivity index (χ1) is 20.2. The van der Waals surface area contributed by atoms with Crippen LogP contribution in [0.1, 0.15) is 64.2 Å². The third kappa shape index (κ3) is 7.56. The molecule has 0 radical (unpaired) electrons. The van der Waals surface area contributed by atoms with Crippen molar-refractivity contribution in [3.63, 3.8) is 0 Å². The number of rotatable bonds is 10. The third-order valence-electron chi connectivity index (χ3n) is 9.57. The quantitative estimate of drug-likeness (QED) is 0.345. The highest BCUT2D eigenvalue weighted by Crippen LogP contribution is 2.31. The number of piperidine rings is 1. The van der Waals surface area contributed by atoms with Crippen LogP contribution < -0.4 is 16.0 Å². The minimum absolute atomic E-state index is 0.0150. The summed E-state index contributed by atoms with van der Waals surface area (Å²) in [6, 6.07) is 0. The summed E-state index contributed by atoms with van der Waals surface area (Å²) < 4.78 is 17.8. The molecule has 0 bridgehead atoms. The van der Waals surface area contributed by atoms with E-state index >= 15 is 0 Å². The number of methoxy groups -OCH3 is 1. The maximum atomic E-state index is 6.00. The molecule has 0 aromatic heterocycles. The molecule has 3 aliphatic carbocycles. The lowest BCUT2D eigenvalue weighted by Gasteiger charge is -2.35. The molecule has 2 atom stereocenters. The van der Waals surface area contributed by atoms with Gasteiger partial charge in [-0.05, 0) is 100 Å². The van der Waals surface area contributed by atoms with Gasteiger partial charge in [0.05, 0.1) is 12.3 Å². The average molecular weight is 563 g/mol. The zero-order chi connectivity index (χ0) is 27.9. The number of hydrogen-bond donors (Lipinski definition) is 3. The largest absolute Gasteiger partial charge is 0.492 e. The molecule has 6 rings (SSSR count). The molecular weight excluding hydrogens is 512 g/mol. The first kappa shape index (κ1) is 28.8. The molecule has 41 heavy (non-hydrogen) atoms. The van der Waals surface area contributed by atoms with Crippen LogP contribution in [0, 0.1) is 11.8 Å². The molecule has 3 fully saturated rings. The summed E-state index contributed by atoms with van der Waals surface area (Å²) in [5.41, 5.74) is 5.71. The molecule has 0 aromatic carbocycles. The molecule has 7 nitrogen and oxygen atoms in total. The molecular formula is C34H50N4O3. The number of dihydropyridines is 1. The maximum absolute atomic E-state index is 6.00. The highest BCUT2D eigenvalue weighted by Gasteiger charge is 2.30. The summed E-state index contributed by atoms with van der Waals surface area (Å²) in [4.78, 5) is 2.75. The Hall–Kier alpha value is -2.32. The monoisotopic (exact) mass is 562 g/mol. The minimum atomic E-state index is -0.251. The summed E-state index contributed by atoms with van der Waals surface area (Å²) >= 11 is 0. The number of ether oxygens (including phenoxy) is 3. The predicted octanol–water partition coefficient (Wildman–Crippen LogP) is 5.03. The Morgan fingerprint density at radius 2 is 1.93 bits per heavy atom. The van der Waals surface area contributed by atoms with Crippen molar-refractivity contribution < 1.29 is 14.2 Å². The van der Waals surface area contributed by atoms with E-state index in [1.807, 2.05) is 0 Å². The van der Waals surface area contributed by atoms with E-state index in [4.69, 9.17) is 14.2 Å². The number of allylic oxidation sites excluding steroid dienone is 5. The standard InChI is InChI=1S/C34H50N4O3/c1-39-34-31(14-13-30(37-34)29-11-6-12-32-33(29)41-20-19-40-32)36-28-10-5-9-27(21-28)23-35-22-25-15-17-38(18-16-25)24-26-7-3-2-4-8-26/h6,9,11,13-14,21,25-26,32,34-37H,2-5,7-8,10,12,15-20,22-24H2,1H3. The highest BCUT2D eigenvalue weighted by molar-refractivity contribution is 5.48. The minimum Gasteiger partial charge on any atom is -0.492 e. The van der Waals surface area contributed by atoms with Crippen LogP contribution in [0.25, 0.3) is 0 Å². The number of fused-ring (bicyclic) bond motifs is 1. The van der Waals surface area contributed by atoms with Crippen molar-refractivity contribution in [3.05, 3.63) is 70.5 Å². The van der Waals surface area contributed by atoms with E-state index in [0.29, 0.717) is 13.2 Å². The van der Waals surface area contributed by atoms with Crippen LogP contribution in [0.3, 0.4) is 0 Å². The number of nitrogens with one attached hydrogen (secondary N) is 3. The fourth-order valence-corrected chi connectivity index (χ4v) is 7.24. The van der Waals surface area contributed by atoms with Gasteiger partial charge in [-0.1, -0.05) is 37.5 Å². The van der Waals surface area contributed by atoms with Gasteiger partial charge >= 0.3 is 0 Å². The summed E-state index contributed by atoms with van der Waals surface area (Å²) in [5, 5.41) is 11.0. The van der Waals surface area contributed by atoms with Gasteiger partial charge in [0, 0.05) is 37.2 Å². The van der Waals surface area contributed by atoms with Crippen molar-refractivity contribution in [3.8, 4) is 0 Å². The molecule has 224 valence electrons. The van der Waals surface area contributed by atoms with Crippen molar-refractivity contribution in [2.24, 2.45) is 11.8 Å². The van der Waals surface area contributed by atoms with Crippen LogP contribution >= 0.6 is 0 Å². The predicted molar refractivity (Wildman–Crippen MR) is 164 cm³/mol. The van der Waals surface area contributed by atoms with E-state index in [-0.39, 0.29) is 12.3 Å². The Kier molecular flexibility index (Phi) is 9.99. The molecule has 0 spiro atoms. The lowest BCUT2D eigenvalue weighted by atomic mass is 9.88. The van der Waals surface area contributed by atoms with Gasteiger partial charge in [-0.3, -0.25) is 0 Å².